The number of nitrogens with two attached hydrogens (primary N) is 1. The van der Waals surface area contributed by atoms with Crippen molar-refractivity contribution in [2.75, 3.05) is 0 Å². The van der Waals surface area contributed by atoms with E-state index in [4.69, 9.17) is 17.3 Å². The Morgan fingerprint density at radius 3 is 2.56 bits per heavy atom. The molecule has 1 atom stereocenters. The van der Waals surface area contributed by atoms with Crippen LogP contribution in [-0.4, -0.2) is 4.98 Å². The summed E-state index contributed by atoms with van der Waals surface area (Å²) in [5, 5.41) is 0.534. The number of nitrogens with zero attached hydrogens (tertiary/aromatic N) is 1. The second-order valence-corrected chi connectivity index (χ2v) is 4.79. The maximum Gasteiger partial charge on any atom is 0.128 e. The van der Waals surface area contributed by atoms with E-state index in [1.807, 2.05) is 19.9 Å². The van der Waals surface area contributed by atoms with Gasteiger partial charge >= 0.3 is 0 Å². The molecule has 1 unspecified atom stereocenters. The molecule has 2 N–H and O–H groups in total. The molecule has 0 saturated carbocycles. The third kappa shape index (κ3) is 2.52. The van der Waals surface area contributed by atoms with Crippen LogP contribution in [0.1, 0.15) is 28.4 Å². The number of rotatable bonds is 2. The fourth-order valence-corrected chi connectivity index (χ4v) is 2.15. The van der Waals surface area contributed by atoms with E-state index < -0.39 is 6.04 Å². The number of halogens is 2. The summed E-state index contributed by atoms with van der Waals surface area (Å²) in [6.45, 7) is 3.70. The van der Waals surface area contributed by atoms with Crippen molar-refractivity contribution in [1.82, 2.24) is 4.98 Å². The molecule has 0 aliphatic heterocycles. The summed E-state index contributed by atoms with van der Waals surface area (Å²) < 4.78 is 14.0. The Morgan fingerprint density at radius 2 is 2.00 bits per heavy atom. The topological polar surface area (TPSA) is 38.9 Å². The van der Waals surface area contributed by atoms with Gasteiger partial charge < -0.3 is 5.73 Å². The lowest BCUT2D eigenvalue weighted by atomic mass is 9.96. The first-order valence-corrected chi connectivity index (χ1v) is 6.00. The van der Waals surface area contributed by atoms with Crippen molar-refractivity contribution in [2.24, 2.45) is 5.73 Å². The lowest BCUT2D eigenvalue weighted by Crippen LogP contribution is -2.16. The average molecular weight is 265 g/mol. The number of aromatic nitrogens is 1. The van der Waals surface area contributed by atoms with E-state index in [0.29, 0.717) is 16.3 Å². The molecule has 2 aromatic rings. The second kappa shape index (κ2) is 5.04. The van der Waals surface area contributed by atoms with Gasteiger partial charge in [0.15, 0.2) is 0 Å². The smallest absolute Gasteiger partial charge is 0.128 e. The van der Waals surface area contributed by atoms with Crippen molar-refractivity contribution < 1.29 is 4.39 Å². The fourth-order valence-electron chi connectivity index (χ4n) is 2.04. The Morgan fingerprint density at radius 1 is 1.28 bits per heavy atom. The third-order valence-corrected chi connectivity index (χ3v) is 3.08. The van der Waals surface area contributed by atoms with Gasteiger partial charge in [-0.2, -0.15) is 0 Å². The predicted octanol–water partition coefficient (Wildman–Crippen LogP) is 3.54. The van der Waals surface area contributed by atoms with Crippen LogP contribution in [-0.2, 0) is 0 Å². The highest BCUT2D eigenvalue weighted by Crippen LogP contribution is 2.25. The zero-order chi connectivity index (χ0) is 13.3. The number of aryl methyl sites for hydroxylation is 2. The van der Waals surface area contributed by atoms with Crippen LogP contribution >= 0.6 is 11.6 Å². The van der Waals surface area contributed by atoms with Crippen LogP contribution < -0.4 is 5.73 Å². The van der Waals surface area contributed by atoms with E-state index in [-0.39, 0.29) is 5.82 Å². The monoisotopic (exact) mass is 264 g/mol. The molecule has 0 aliphatic rings. The third-order valence-electron chi connectivity index (χ3n) is 2.86. The number of pyridine rings is 1. The van der Waals surface area contributed by atoms with Crippen LogP contribution in [0.4, 0.5) is 4.39 Å². The summed E-state index contributed by atoms with van der Waals surface area (Å²) in [5.74, 6) is -0.295. The Labute approximate surface area is 111 Å². The van der Waals surface area contributed by atoms with Crippen molar-refractivity contribution in [3.63, 3.8) is 0 Å². The highest BCUT2D eigenvalue weighted by atomic mass is 35.5. The van der Waals surface area contributed by atoms with Gasteiger partial charge in [0.1, 0.15) is 5.82 Å². The van der Waals surface area contributed by atoms with Crippen LogP contribution in [0.5, 0.6) is 0 Å². The Kier molecular flexibility index (Phi) is 3.64. The van der Waals surface area contributed by atoms with E-state index in [1.165, 1.54) is 12.3 Å². The maximum atomic E-state index is 14.0. The van der Waals surface area contributed by atoms with Gasteiger partial charge in [-0.15, -0.1) is 0 Å². The molecule has 4 heteroatoms. The van der Waals surface area contributed by atoms with E-state index in [0.717, 1.165) is 11.1 Å². The molecule has 2 rings (SSSR count). The molecular formula is C14H14ClFN2. The zero-order valence-corrected chi connectivity index (χ0v) is 11.0. The summed E-state index contributed by atoms with van der Waals surface area (Å²) in [7, 11) is 0. The van der Waals surface area contributed by atoms with E-state index in [9.17, 15) is 4.39 Å². The first-order valence-electron chi connectivity index (χ1n) is 5.62. The first kappa shape index (κ1) is 13.0. The maximum absolute atomic E-state index is 14.0. The Bertz CT molecular complexity index is 544. The van der Waals surface area contributed by atoms with Gasteiger partial charge in [-0.05, 0) is 43.2 Å². The average Bonchev–Trinajstić information content (AvgIpc) is 2.28. The Balaban J connectivity index is 2.46. The van der Waals surface area contributed by atoms with Crippen LogP contribution in [0.2, 0.25) is 5.02 Å². The molecule has 2 nitrogen and oxygen atoms in total. The summed E-state index contributed by atoms with van der Waals surface area (Å²) >= 11 is 5.77. The SMILES string of the molecule is Cc1cc(C)c(C(N)c2ccc(Cl)cn2)c(F)c1. The van der Waals surface area contributed by atoms with Crippen LogP contribution in [0.15, 0.2) is 30.5 Å². The summed E-state index contributed by atoms with van der Waals surface area (Å²) in [6, 6.07) is 6.23. The molecule has 0 aliphatic carbocycles. The van der Waals surface area contributed by atoms with Gasteiger partial charge in [-0.1, -0.05) is 17.7 Å². The molecule has 0 bridgehead atoms. The molecule has 1 aromatic carbocycles. The first-order chi connectivity index (χ1) is 8.49. The van der Waals surface area contributed by atoms with E-state index in [2.05, 4.69) is 4.98 Å². The lowest BCUT2D eigenvalue weighted by Gasteiger charge is -2.16. The van der Waals surface area contributed by atoms with Crippen LogP contribution in [0.25, 0.3) is 0 Å². The molecule has 0 saturated heterocycles. The number of benzene rings is 1. The van der Waals surface area contributed by atoms with Crippen LogP contribution in [0, 0.1) is 19.7 Å². The molecule has 1 heterocycles. The molecule has 1 aromatic heterocycles. The van der Waals surface area contributed by atoms with Crippen molar-refractivity contribution >= 4 is 11.6 Å². The minimum Gasteiger partial charge on any atom is -0.319 e. The van der Waals surface area contributed by atoms with E-state index >= 15 is 0 Å². The van der Waals surface area contributed by atoms with Crippen molar-refractivity contribution in [1.29, 1.82) is 0 Å². The summed E-state index contributed by atoms with van der Waals surface area (Å²) in [4.78, 5) is 4.14. The zero-order valence-electron chi connectivity index (χ0n) is 10.2. The molecule has 0 radical (unpaired) electrons. The van der Waals surface area contributed by atoms with E-state index in [1.54, 1.807) is 12.1 Å². The van der Waals surface area contributed by atoms with Gasteiger partial charge in [-0.25, -0.2) is 4.39 Å². The minimum atomic E-state index is -0.581. The highest BCUT2D eigenvalue weighted by molar-refractivity contribution is 6.30. The van der Waals surface area contributed by atoms with Gasteiger partial charge in [-0.3, -0.25) is 4.98 Å². The van der Waals surface area contributed by atoms with Crippen LogP contribution in [0.3, 0.4) is 0 Å². The summed E-state index contributed by atoms with van der Waals surface area (Å²) in [6.07, 6.45) is 1.51. The normalized spacial score (nSPS) is 12.5. The van der Waals surface area contributed by atoms with Crippen molar-refractivity contribution in [3.05, 3.63) is 63.7 Å². The van der Waals surface area contributed by atoms with Gasteiger partial charge in [0, 0.05) is 11.8 Å². The number of hydrogen-bond donors (Lipinski definition) is 1. The predicted molar refractivity (Wildman–Crippen MR) is 71.2 cm³/mol. The minimum absolute atomic E-state index is 0.295. The molecular weight excluding hydrogens is 251 g/mol. The quantitative estimate of drug-likeness (QED) is 0.901. The lowest BCUT2D eigenvalue weighted by molar-refractivity contribution is 0.593. The van der Waals surface area contributed by atoms with Gasteiger partial charge in [0.25, 0.3) is 0 Å². The molecule has 0 spiro atoms. The largest absolute Gasteiger partial charge is 0.319 e. The second-order valence-electron chi connectivity index (χ2n) is 4.36. The van der Waals surface area contributed by atoms with Crippen molar-refractivity contribution in [2.45, 2.75) is 19.9 Å². The Hall–Kier alpha value is -1.45. The standard InChI is InChI=1S/C14H14ClFN2/c1-8-5-9(2)13(11(16)6-8)14(17)12-4-3-10(15)7-18-12/h3-7,14H,17H2,1-2H3. The molecule has 94 valence electrons. The van der Waals surface area contributed by atoms with Gasteiger partial charge in [0.2, 0.25) is 0 Å². The number of hydrogen-bond acceptors (Lipinski definition) is 2. The summed E-state index contributed by atoms with van der Waals surface area (Å²) in [5.41, 5.74) is 8.87. The van der Waals surface area contributed by atoms with Crippen molar-refractivity contribution in [3.8, 4) is 0 Å². The highest BCUT2D eigenvalue weighted by Gasteiger charge is 2.17. The fraction of sp³-hybridized carbons (Fsp3) is 0.214. The molecule has 0 amide bonds. The molecule has 18 heavy (non-hydrogen) atoms. The molecule has 0 fully saturated rings. The van der Waals surface area contributed by atoms with Gasteiger partial charge in [0.05, 0.1) is 16.8 Å².